The Bertz CT molecular complexity index is 554. The molecule has 3 rings (SSSR count). The van der Waals surface area contributed by atoms with Gasteiger partial charge in [0.05, 0.1) is 18.5 Å². The number of anilines is 2. The number of aliphatic hydroxyl groups excluding tert-OH is 1. The Morgan fingerprint density at radius 1 is 1.33 bits per heavy atom. The summed E-state index contributed by atoms with van der Waals surface area (Å²) in [4.78, 5) is 15.2. The van der Waals surface area contributed by atoms with E-state index < -0.39 is 0 Å². The predicted octanol–water partition coefficient (Wildman–Crippen LogP) is 1.85. The third-order valence-electron chi connectivity index (χ3n) is 3.74. The van der Waals surface area contributed by atoms with E-state index in [0.717, 1.165) is 49.1 Å². The third kappa shape index (κ3) is 3.75. The molecule has 2 aromatic heterocycles. The van der Waals surface area contributed by atoms with Crippen LogP contribution in [0.4, 0.5) is 10.9 Å². The highest BCUT2D eigenvalue weighted by Gasteiger charge is 2.22. The smallest absolute Gasteiger partial charge is 0.188 e. The van der Waals surface area contributed by atoms with Gasteiger partial charge in [0.1, 0.15) is 0 Å². The normalized spacial score (nSPS) is 17.0. The zero-order valence-electron chi connectivity index (χ0n) is 11.8. The number of nitrogens with one attached hydrogen (secondary N) is 1. The van der Waals surface area contributed by atoms with Gasteiger partial charge in [-0.2, -0.15) is 0 Å². The van der Waals surface area contributed by atoms with E-state index in [0.29, 0.717) is 5.92 Å². The quantitative estimate of drug-likeness (QED) is 0.878. The molecule has 1 saturated heterocycles. The Morgan fingerprint density at radius 2 is 2.19 bits per heavy atom. The van der Waals surface area contributed by atoms with Crippen molar-refractivity contribution < 1.29 is 5.11 Å². The number of thiazole rings is 1. The summed E-state index contributed by atoms with van der Waals surface area (Å²) in [6, 6.07) is 0. The molecule has 112 valence electrons. The van der Waals surface area contributed by atoms with Crippen LogP contribution < -0.4 is 5.32 Å². The fourth-order valence-electron chi connectivity index (χ4n) is 2.60. The highest BCUT2D eigenvalue weighted by atomic mass is 32.1. The molecule has 1 aliphatic rings. The Hall–Kier alpha value is -1.57. The second-order valence-electron chi connectivity index (χ2n) is 5.13. The average molecular weight is 305 g/mol. The molecule has 2 aromatic rings. The first-order valence-electron chi connectivity index (χ1n) is 7.17. The highest BCUT2D eigenvalue weighted by molar-refractivity contribution is 7.13. The molecule has 1 fully saturated rings. The van der Waals surface area contributed by atoms with E-state index in [4.69, 9.17) is 5.11 Å². The van der Waals surface area contributed by atoms with Gasteiger partial charge in [-0.1, -0.05) is 0 Å². The van der Waals surface area contributed by atoms with Crippen molar-refractivity contribution in [2.45, 2.75) is 18.8 Å². The molecule has 7 heteroatoms. The summed E-state index contributed by atoms with van der Waals surface area (Å²) >= 11 is 1.61. The standard InChI is InChI=1S/C14H19N5OS/c20-8-7-19-5-1-11(2-6-19)12-10-21-14(17-12)18-13-9-15-3-4-16-13/h3-4,9-11,20H,1-2,5-8H2,(H,16,17,18). The summed E-state index contributed by atoms with van der Waals surface area (Å²) in [6.45, 7) is 3.10. The number of rotatable bonds is 5. The lowest BCUT2D eigenvalue weighted by atomic mass is 9.94. The van der Waals surface area contributed by atoms with Gasteiger partial charge in [-0.25, -0.2) is 9.97 Å². The second kappa shape index (κ2) is 6.93. The third-order valence-corrected chi connectivity index (χ3v) is 4.52. The molecule has 0 unspecified atom stereocenters. The summed E-state index contributed by atoms with van der Waals surface area (Å²) in [7, 11) is 0. The zero-order chi connectivity index (χ0) is 14.5. The molecule has 0 atom stereocenters. The van der Waals surface area contributed by atoms with Crippen LogP contribution >= 0.6 is 11.3 Å². The SMILES string of the molecule is OCCN1CCC(c2csc(Nc3cnccn3)n2)CC1. The second-order valence-corrected chi connectivity index (χ2v) is 5.99. The molecular weight excluding hydrogens is 286 g/mol. The molecular formula is C14H19N5OS. The van der Waals surface area contributed by atoms with Gasteiger partial charge in [-0.3, -0.25) is 4.98 Å². The fraction of sp³-hybridized carbons (Fsp3) is 0.500. The van der Waals surface area contributed by atoms with Gasteiger partial charge in [0.15, 0.2) is 10.9 Å². The van der Waals surface area contributed by atoms with Crippen LogP contribution in [-0.2, 0) is 0 Å². The van der Waals surface area contributed by atoms with Gasteiger partial charge in [-0.15, -0.1) is 11.3 Å². The van der Waals surface area contributed by atoms with Crippen LogP contribution in [0.5, 0.6) is 0 Å². The number of hydrogen-bond acceptors (Lipinski definition) is 7. The minimum atomic E-state index is 0.244. The van der Waals surface area contributed by atoms with Crippen LogP contribution in [0.25, 0.3) is 0 Å². The van der Waals surface area contributed by atoms with Crippen molar-refractivity contribution in [3.63, 3.8) is 0 Å². The van der Waals surface area contributed by atoms with Crippen LogP contribution in [0.3, 0.4) is 0 Å². The van der Waals surface area contributed by atoms with Gasteiger partial charge in [0, 0.05) is 30.2 Å². The van der Waals surface area contributed by atoms with Crippen molar-refractivity contribution in [1.82, 2.24) is 19.9 Å². The summed E-state index contributed by atoms with van der Waals surface area (Å²) in [5, 5.41) is 15.2. The van der Waals surface area contributed by atoms with Gasteiger partial charge in [-0.05, 0) is 25.9 Å². The van der Waals surface area contributed by atoms with E-state index in [1.807, 2.05) is 0 Å². The molecule has 0 aliphatic carbocycles. The van der Waals surface area contributed by atoms with Gasteiger partial charge >= 0.3 is 0 Å². The summed E-state index contributed by atoms with van der Waals surface area (Å²) in [5.41, 5.74) is 1.16. The van der Waals surface area contributed by atoms with Crippen LogP contribution in [0, 0.1) is 0 Å². The molecule has 0 radical (unpaired) electrons. The molecule has 21 heavy (non-hydrogen) atoms. The highest BCUT2D eigenvalue weighted by Crippen LogP contribution is 2.31. The maximum absolute atomic E-state index is 8.97. The number of hydrogen-bond donors (Lipinski definition) is 2. The summed E-state index contributed by atoms with van der Waals surface area (Å²) in [5.74, 6) is 1.24. The number of β-amino-alcohol motifs (C(OH)–C–C–N with tert-alkyl or cyclic N) is 1. The van der Waals surface area contributed by atoms with E-state index in [1.54, 1.807) is 29.9 Å². The first-order chi connectivity index (χ1) is 10.3. The predicted molar refractivity (Wildman–Crippen MR) is 82.9 cm³/mol. The first-order valence-corrected chi connectivity index (χ1v) is 8.05. The molecule has 0 spiro atoms. The summed E-state index contributed by atoms with van der Waals surface area (Å²) in [6.07, 6.45) is 7.21. The summed E-state index contributed by atoms with van der Waals surface area (Å²) < 4.78 is 0. The topological polar surface area (TPSA) is 74.2 Å². The van der Waals surface area contributed by atoms with Crippen molar-refractivity contribution in [1.29, 1.82) is 0 Å². The van der Waals surface area contributed by atoms with Crippen molar-refractivity contribution in [3.05, 3.63) is 29.7 Å². The Labute approximate surface area is 127 Å². The Balaban J connectivity index is 1.58. The largest absolute Gasteiger partial charge is 0.395 e. The first kappa shape index (κ1) is 14.4. The van der Waals surface area contributed by atoms with E-state index in [1.165, 1.54) is 0 Å². The van der Waals surface area contributed by atoms with E-state index in [2.05, 4.69) is 30.5 Å². The maximum atomic E-state index is 8.97. The molecule has 0 saturated carbocycles. The molecule has 2 N–H and O–H groups in total. The lowest BCUT2D eigenvalue weighted by molar-refractivity contribution is 0.163. The van der Waals surface area contributed by atoms with E-state index in [-0.39, 0.29) is 6.61 Å². The van der Waals surface area contributed by atoms with Crippen molar-refractivity contribution in [2.24, 2.45) is 0 Å². The molecule has 3 heterocycles. The average Bonchev–Trinajstić information content (AvgIpc) is 2.98. The van der Waals surface area contributed by atoms with Crippen LogP contribution in [0.1, 0.15) is 24.5 Å². The van der Waals surface area contributed by atoms with Crippen molar-refractivity contribution in [2.75, 3.05) is 31.6 Å². The molecule has 0 bridgehead atoms. The molecule has 0 aromatic carbocycles. The maximum Gasteiger partial charge on any atom is 0.188 e. The van der Waals surface area contributed by atoms with E-state index >= 15 is 0 Å². The van der Waals surface area contributed by atoms with Crippen molar-refractivity contribution >= 4 is 22.3 Å². The number of piperidine rings is 1. The lowest BCUT2D eigenvalue weighted by Gasteiger charge is -2.30. The van der Waals surface area contributed by atoms with Crippen LogP contribution in [-0.4, -0.2) is 51.2 Å². The fourth-order valence-corrected chi connectivity index (χ4v) is 3.40. The van der Waals surface area contributed by atoms with Crippen LogP contribution in [0.15, 0.2) is 24.0 Å². The lowest BCUT2D eigenvalue weighted by Crippen LogP contribution is -2.35. The molecule has 0 amide bonds. The minimum absolute atomic E-state index is 0.244. The van der Waals surface area contributed by atoms with Gasteiger partial charge < -0.3 is 15.3 Å². The molecule has 6 nitrogen and oxygen atoms in total. The number of aromatic nitrogens is 3. The van der Waals surface area contributed by atoms with Crippen molar-refractivity contribution in [3.8, 4) is 0 Å². The number of likely N-dealkylation sites (tertiary alicyclic amines) is 1. The molecule has 1 aliphatic heterocycles. The Kier molecular flexibility index (Phi) is 4.74. The Morgan fingerprint density at radius 3 is 2.90 bits per heavy atom. The zero-order valence-corrected chi connectivity index (χ0v) is 12.6. The van der Waals surface area contributed by atoms with Gasteiger partial charge in [0.2, 0.25) is 0 Å². The monoisotopic (exact) mass is 305 g/mol. The number of aliphatic hydroxyl groups is 1. The number of nitrogens with zero attached hydrogens (tertiary/aromatic N) is 4. The minimum Gasteiger partial charge on any atom is -0.395 e. The van der Waals surface area contributed by atoms with Gasteiger partial charge in [0.25, 0.3) is 0 Å². The van der Waals surface area contributed by atoms with E-state index in [9.17, 15) is 0 Å². The van der Waals surface area contributed by atoms with Crippen LogP contribution in [0.2, 0.25) is 0 Å².